The molecule has 8 heteroatoms. The summed E-state index contributed by atoms with van der Waals surface area (Å²) in [5.41, 5.74) is 0.809. The quantitative estimate of drug-likeness (QED) is 0.825. The van der Waals surface area contributed by atoms with Gasteiger partial charge < -0.3 is 19.2 Å². The molecule has 0 aliphatic carbocycles. The zero-order chi connectivity index (χ0) is 13.2. The number of carbonyl (C=O) groups is 1. The third-order valence-electron chi connectivity index (χ3n) is 3.14. The molecule has 0 saturated carbocycles. The highest BCUT2D eigenvalue weighted by Crippen LogP contribution is 2.24. The van der Waals surface area contributed by atoms with Crippen LogP contribution in [0.3, 0.4) is 0 Å². The molecule has 1 aliphatic rings. The van der Waals surface area contributed by atoms with E-state index in [-0.39, 0.29) is 5.91 Å². The maximum Gasteiger partial charge on any atom is 0.248 e. The van der Waals surface area contributed by atoms with Crippen molar-refractivity contribution in [2.75, 3.05) is 13.6 Å². The first-order valence-corrected chi connectivity index (χ1v) is 5.93. The Bertz CT molecular complexity index is 565. The molecule has 0 aromatic carbocycles. The first-order valence-electron chi connectivity index (χ1n) is 5.93. The summed E-state index contributed by atoms with van der Waals surface area (Å²) < 4.78 is 10.00. The Hall–Kier alpha value is -2.22. The summed E-state index contributed by atoms with van der Waals surface area (Å²) in [5, 5.41) is 6.68. The Morgan fingerprint density at radius 2 is 2.37 bits per heavy atom. The van der Waals surface area contributed by atoms with Crippen LogP contribution in [0, 0.1) is 0 Å². The number of aromatic nitrogens is 3. The van der Waals surface area contributed by atoms with Crippen LogP contribution in [0.15, 0.2) is 21.7 Å². The molecule has 0 bridgehead atoms. The van der Waals surface area contributed by atoms with Gasteiger partial charge in [-0.3, -0.25) is 4.79 Å². The number of hydrogen-bond acceptors (Lipinski definition) is 7. The average molecular weight is 263 g/mol. The lowest BCUT2D eigenvalue weighted by Crippen LogP contribution is -2.38. The number of oxazole rings is 1. The third kappa shape index (κ3) is 2.10. The average Bonchev–Trinajstić information content (AvgIpc) is 3.04. The van der Waals surface area contributed by atoms with E-state index in [2.05, 4.69) is 25.0 Å². The number of fused-ring (bicyclic) bond motifs is 1. The van der Waals surface area contributed by atoms with Gasteiger partial charge in [0, 0.05) is 13.0 Å². The molecule has 100 valence electrons. The van der Waals surface area contributed by atoms with Gasteiger partial charge in [-0.2, -0.15) is 4.98 Å². The first-order chi connectivity index (χ1) is 9.29. The van der Waals surface area contributed by atoms with E-state index in [1.165, 1.54) is 12.8 Å². The minimum Gasteiger partial charge on any atom is -0.446 e. The molecule has 19 heavy (non-hydrogen) atoms. The second-order valence-corrected chi connectivity index (χ2v) is 4.24. The molecule has 1 atom stereocenters. The predicted octanol–water partition coefficient (Wildman–Crippen LogP) is -0.0970. The van der Waals surface area contributed by atoms with Crippen molar-refractivity contribution in [1.29, 1.82) is 0 Å². The van der Waals surface area contributed by atoms with Crippen LogP contribution in [0.2, 0.25) is 0 Å². The van der Waals surface area contributed by atoms with Gasteiger partial charge in [0.1, 0.15) is 6.04 Å². The summed E-state index contributed by atoms with van der Waals surface area (Å²) in [6, 6.07) is -0.521. The summed E-state index contributed by atoms with van der Waals surface area (Å²) in [4.78, 5) is 22.2. The van der Waals surface area contributed by atoms with Crippen LogP contribution in [0.4, 0.5) is 0 Å². The molecule has 2 aromatic heterocycles. The SMILES string of the molecule is CNC1C(=O)N(Cc2ncon2)CCc2ncoc21. The second kappa shape index (κ2) is 4.81. The molecule has 0 fully saturated rings. The fraction of sp³-hybridized carbons (Fsp3) is 0.455. The van der Waals surface area contributed by atoms with Gasteiger partial charge in [-0.25, -0.2) is 4.98 Å². The van der Waals surface area contributed by atoms with Crippen molar-refractivity contribution >= 4 is 5.91 Å². The molecule has 3 rings (SSSR count). The topological polar surface area (TPSA) is 97.3 Å². The van der Waals surface area contributed by atoms with Gasteiger partial charge in [0.05, 0.1) is 12.2 Å². The monoisotopic (exact) mass is 263 g/mol. The maximum atomic E-state index is 12.5. The van der Waals surface area contributed by atoms with Gasteiger partial charge in [-0.1, -0.05) is 5.16 Å². The molecule has 0 radical (unpaired) electrons. The van der Waals surface area contributed by atoms with Crippen molar-refractivity contribution in [3.05, 3.63) is 30.1 Å². The van der Waals surface area contributed by atoms with E-state index in [9.17, 15) is 4.79 Å². The van der Waals surface area contributed by atoms with Gasteiger partial charge in [0.25, 0.3) is 0 Å². The van der Waals surface area contributed by atoms with E-state index < -0.39 is 6.04 Å². The summed E-state index contributed by atoms with van der Waals surface area (Å²) >= 11 is 0. The second-order valence-electron chi connectivity index (χ2n) is 4.24. The van der Waals surface area contributed by atoms with E-state index in [0.29, 0.717) is 31.1 Å². The number of amides is 1. The van der Waals surface area contributed by atoms with Crippen LogP contribution in [-0.2, 0) is 17.8 Å². The fourth-order valence-electron chi connectivity index (χ4n) is 2.19. The van der Waals surface area contributed by atoms with Crippen LogP contribution in [0.25, 0.3) is 0 Å². The molecular formula is C11H13N5O3. The summed E-state index contributed by atoms with van der Waals surface area (Å²) in [6.07, 6.45) is 3.27. The normalized spacial score (nSPS) is 19.3. The van der Waals surface area contributed by atoms with Crippen molar-refractivity contribution in [2.24, 2.45) is 0 Å². The molecule has 1 unspecified atom stereocenters. The van der Waals surface area contributed by atoms with Crippen LogP contribution in [0.1, 0.15) is 23.3 Å². The zero-order valence-electron chi connectivity index (χ0n) is 10.4. The molecule has 2 aromatic rings. The number of rotatable bonds is 3. The molecule has 1 aliphatic heterocycles. The van der Waals surface area contributed by atoms with Crippen molar-refractivity contribution in [1.82, 2.24) is 25.3 Å². The number of nitrogens with one attached hydrogen (secondary N) is 1. The Morgan fingerprint density at radius 1 is 1.47 bits per heavy atom. The minimum absolute atomic E-state index is 0.0807. The highest BCUT2D eigenvalue weighted by atomic mass is 16.5. The lowest BCUT2D eigenvalue weighted by atomic mass is 10.1. The van der Waals surface area contributed by atoms with Crippen molar-refractivity contribution in [2.45, 2.75) is 19.0 Å². The van der Waals surface area contributed by atoms with Crippen molar-refractivity contribution in [3.63, 3.8) is 0 Å². The first kappa shape index (κ1) is 11.8. The maximum absolute atomic E-state index is 12.5. The highest BCUT2D eigenvalue weighted by Gasteiger charge is 2.33. The third-order valence-corrected chi connectivity index (χ3v) is 3.14. The molecular weight excluding hydrogens is 250 g/mol. The van der Waals surface area contributed by atoms with Gasteiger partial charge in [-0.05, 0) is 7.05 Å². The molecule has 1 N–H and O–H groups in total. The predicted molar refractivity (Wildman–Crippen MR) is 61.7 cm³/mol. The molecule has 0 spiro atoms. The molecule has 3 heterocycles. The zero-order valence-corrected chi connectivity index (χ0v) is 10.4. The van der Waals surface area contributed by atoms with Gasteiger partial charge in [-0.15, -0.1) is 0 Å². The lowest BCUT2D eigenvalue weighted by molar-refractivity contribution is -0.134. The highest BCUT2D eigenvalue weighted by molar-refractivity contribution is 5.83. The summed E-state index contributed by atoms with van der Waals surface area (Å²) in [6.45, 7) is 0.864. The van der Waals surface area contributed by atoms with Gasteiger partial charge >= 0.3 is 0 Å². The Morgan fingerprint density at radius 3 is 3.11 bits per heavy atom. The Labute approximate surface area is 108 Å². The van der Waals surface area contributed by atoms with Crippen LogP contribution in [0.5, 0.6) is 0 Å². The van der Waals surface area contributed by atoms with E-state index in [0.717, 1.165) is 5.69 Å². The summed E-state index contributed by atoms with van der Waals surface area (Å²) in [7, 11) is 1.71. The Kier molecular flexibility index (Phi) is 3.00. The van der Waals surface area contributed by atoms with E-state index in [1.807, 2.05) is 0 Å². The molecule has 1 amide bonds. The van der Waals surface area contributed by atoms with Gasteiger partial charge in [0.15, 0.2) is 18.0 Å². The van der Waals surface area contributed by atoms with E-state index >= 15 is 0 Å². The molecule has 0 saturated heterocycles. The molecule has 8 nitrogen and oxygen atoms in total. The van der Waals surface area contributed by atoms with Crippen molar-refractivity contribution < 1.29 is 13.7 Å². The number of likely N-dealkylation sites (N-methyl/N-ethyl adjacent to an activating group) is 1. The van der Waals surface area contributed by atoms with Crippen LogP contribution in [-0.4, -0.2) is 39.5 Å². The van der Waals surface area contributed by atoms with E-state index in [4.69, 9.17) is 4.42 Å². The van der Waals surface area contributed by atoms with Gasteiger partial charge in [0.2, 0.25) is 12.3 Å². The minimum atomic E-state index is -0.521. The number of nitrogens with zero attached hydrogens (tertiary/aromatic N) is 4. The number of hydrogen-bond donors (Lipinski definition) is 1. The summed E-state index contributed by atoms with van der Waals surface area (Å²) in [5.74, 6) is 0.987. The largest absolute Gasteiger partial charge is 0.446 e. The Balaban J connectivity index is 1.85. The smallest absolute Gasteiger partial charge is 0.248 e. The number of carbonyl (C=O) groups excluding carboxylic acids is 1. The van der Waals surface area contributed by atoms with Crippen LogP contribution < -0.4 is 5.32 Å². The standard InChI is InChI=1S/C11H13N5O3/c1-12-9-10-7(13-5-18-10)2-3-16(11(9)17)4-8-14-6-19-15-8/h5-6,9,12H,2-4H2,1H3. The van der Waals surface area contributed by atoms with Crippen molar-refractivity contribution in [3.8, 4) is 0 Å². The lowest BCUT2D eigenvalue weighted by Gasteiger charge is -2.22. The van der Waals surface area contributed by atoms with E-state index in [1.54, 1.807) is 11.9 Å². The fourth-order valence-corrected chi connectivity index (χ4v) is 2.19. The van der Waals surface area contributed by atoms with Crippen LogP contribution >= 0.6 is 0 Å².